The number of aryl methyl sites for hydroxylation is 1. The zero-order valence-corrected chi connectivity index (χ0v) is 19.9. The Morgan fingerprint density at radius 1 is 1.20 bits per heavy atom. The Morgan fingerprint density at radius 2 is 1.94 bits per heavy atom. The summed E-state index contributed by atoms with van der Waals surface area (Å²) in [6.45, 7) is 5.40. The van der Waals surface area contributed by atoms with Gasteiger partial charge in [0.05, 0.1) is 0 Å². The summed E-state index contributed by atoms with van der Waals surface area (Å²) in [6, 6.07) is 6.74. The highest BCUT2D eigenvalue weighted by molar-refractivity contribution is 5.92. The lowest BCUT2D eigenvalue weighted by Crippen LogP contribution is -2.65. The molecule has 2 aromatic heterocycles. The van der Waals surface area contributed by atoms with Crippen molar-refractivity contribution in [2.45, 2.75) is 44.7 Å². The topological polar surface area (TPSA) is 152 Å². The zero-order valence-electron chi connectivity index (χ0n) is 19.9. The van der Waals surface area contributed by atoms with E-state index in [1.807, 2.05) is 31.3 Å². The van der Waals surface area contributed by atoms with Crippen LogP contribution in [0.1, 0.15) is 42.0 Å². The predicted molar refractivity (Wildman–Crippen MR) is 129 cm³/mol. The number of rotatable bonds is 4. The van der Waals surface area contributed by atoms with E-state index in [0.29, 0.717) is 36.2 Å². The van der Waals surface area contributed by atoms with Gasteiger partial charge in [-0.3, -0.25) is 19.3 Å². The first-order valence-corrected chi connectivity index (χ1v) is 11.9. The van der Waals surface area contributed by atoms with Crippen LogP contribution >= 0.6 is 0 Å². The molecule has 11 nitrogen and oxygen atoms in total. The van der Waals surface area contributed by atoms with Gasteiger partial charge in [0.25, 0.3) is 18.9 Å². The van der Waals surface area contributed by atoms with Gasteiger partial charge in [-0.15, -0.1) is 0 Å². The molecule has 0 aromatic carbocycles. The maximum Gasteiger partial charge on any atom is 0.290 e. The molecule has 0 radical (unpaired) electrons. The Bertz CT molecular complexity index is 950. The smallest absolute Gasteiger partial charge is 0.290 e. The molecule has 4 atom stereocenters. The fraction of sp³-hybridized carbons (Fsp3) is 0.542. The highest BCUT2D eigenvalue weighted by Gasteiger charge is 2.47. The van der Waals surface area contributed by atoms with Crippen molar-refractivity contribution in [3.8, 4) is 0 Å². The Balaban J connectivity index is 0.000000520. The van der Waals surface area contributed by atoms with Crippen molar-refractivity contribution >= 4 is 24.7 Å². The van der Waals surface area contributed by atoms with Crippen LogP contribution in [0, 0.1) is 18.8 Å². The molecule has 3 aliphatic rings. The summed E-state index contributed by atoms with van der Waals surface area (Å²) in [6.07, 6.45) is 8.77. The largest absolute Gasteiger partial charge is 0.483 e. The van der Waals surface area contributed by atoms with Crippen molar-refractivity contribution in [2.24, 2.45) is 11.8 Å². The van der Waals surface area contributed by atoms with Gasteiger partial charge in [0.15, 0.2) is 0 Å². The molecule has 1 amide bonds. The first-order valence-electron chi connectivity index (χ1n) is 11.9. The molecule has 2 bridgehead atoms. The minimum atomic E-state index is -0.250. The number of carbonyl (C=O) groups is 3. The molecule has 4 N–H and O–H groups in total. The second kappa shape index (κ2) is 12.8. The van der Waals surface area contributed by atoms with Gasteiger partial charge in [-0.05, 0) is 62.8 Å². The van der Waals surface area contributed by atoms with Gasteiger partial charge >= 0.3 is 0 Å². The molecule has 3 fully saturated rings. The van der Waals surface area contributed by atoms with Crippen LogP contribution in [-0.4, -0.2) is 87.2 Å². The number of anilines is 1. The van der Waals surface area contributed by atoms with Gasteiger partial charge in [-0.1, -0.05) is 6.42 Å². The van der Waals surface area contributed by atoms with Gasteiger partial charge in [0.1, 0.15) is 17.3 Å². The van der Waals surface area contributed by atoms with Gasteiger partial charge in [0.2, 0.25) is 0 Å². The van der Waals surface area contributed by atoms with Crippen LogP contribution in [0.4, 0.5) is 5.82 Å². The summed E-state index contributed by atoms with van der Waals surface area (Å²) in [7, 11) is 0. The zero-order chi connectivity index (χ0) is 25.2. The lowest BCUT2D eigenvalue weighted by atomic mass is 9.72. The second-order valence-electron chi connectivity index (χ2n) is 9.00. The molecule has 0 spiro atoms. The van der Waals surface area contributed by atoms with E-state index in [4.69, 9.17) is 19.8 Å². The molecule has 3 saturated heterocycles. The number of piperidine rings is 3. The summed E-state index contributed by atoms with van der Waals surface area (Å²) in [4.78, 5) is 46.4. The maximum atomic E-state index is 12.5. The van der Waals surface area contributed by atoms with E-state index in [1.165, 1.54) is 25.7 Å². The summed E-state index contributed by atoms with van der Waals surface area (Å²) in [5.74, 6) is 3.09. The number of carbonyl (C=O) groups excluding carboxylic acids is 1. The summed E-state index contributed by atoms with van der Waals surface area (Å²) < 4.78 is 0. The molecule has 190 valence electrons. The minimum Gasteiger partial charge on any atom is -0.483 e. The molecule has 0 unspecified atom stereocenters. The van der Waals surface area contributed by atoms with Crippen LogP contribution < -0.4 is 10.2 Å². The SMILES string of the molecule is Cc1nccc(N2C[C@H]3C[C@@H](C2)[C@H](CNC(=O)c2ccc[nH]2)N2CCCC[C@@H]32)n1.O=CO.O=CO. The van der Waals surface area contributed by atoms with Gasteiger partial charge in [-0.25, -0.2) is 9.97 Å². The van der Waals surface area contributed by atoms with Crippen LogP contribution in [0.3, 0.4) is 0 Å². The van der Waals surface area contributed by atoms with E-state index < -0.39 is 0 Å². The van der Waals surface area contributed by atoms with E-state index in [9.17, 15) is 4.79 Å². The lowest BCUT2D eigenvalue weighted by molar-refractivity contribution is -0.123. The van der Waals surface area contributed by atoms with Crippen molar-refractivity contribution < 1.29 is 24.6 Å². The van der Waals surface area contributed by atoms with E-state index >= 15 is 0 Å². The molecule has 0 aliphatic carbocycles. The third-order valence-electron chi connectivity index (χ3n) is 7.02. The van der Waals surface area contributed by atoms with Gasteiger partial charge in [0, 0.05) is 44.1 Å². The number of nitrogens with one attached hydrogen (secondary N) is 2. The average molecular weight is 487 g/mol. The van der Waals surface area contributed by atoms with E-state index in [1.54, 1.807) is 6.20 Å². The Kier molecular flexibility index (Phi) is 9.59. The molecular formula is C24H34N6O5. The minimum absolute atomic E-state index is 0.00947. The maximum absolute atomic E-state index is 12.5. The first-order chi connectivity index (χ1) is 17.0. The van der Waals surface area contributed by atoms with Crippen molar-refractivity contribution in [2.75, 3.05) is 31.1 Å². The molecule has 5 heterocycles. The van der Waals surface area contributed by atoms with Crippen LogP contribution in [-0.2, 0) is 9.59 Å². The number of aromatic amines is 1. The average Bonchev–Trinajstić information content (AvgIpc) is 3.40. The Labute approximate surface area is 204 Å². The van der Waals surface area contributed by atoms with E-state index in [2.05, 4.69) is 30.1 Å². The molecule has 35 heavy (non-hydrogen) atoms. The summed E-state index contributed by atoms with van der Waals surface area (Å²) in [5, 5.41) is 17.0. The van der Waals surface area contributed by atoms with E-state index in [0.717, 1.165) is 31.3 Å². The van der Waals surface area contributed by atoms with Crippen molar-refractivity contribution in [1.82, 2.24) is 25.2 Å². The first kappa shape index (κ1) is 26.1. The summed E-state index contributed by atoms with van der Waals surface area (Å²) >= 11 is 0. The third kappa shape index (κ3) is 6.56. The quantitative estimate of drug-likeness (QED) is 0.472. The fourth-order valence-corrected chi connectivity index (χ4v) is 5.76. The van der Waals surface area contributed by atoms with Crippen LogP contribution in [0.5, 0.6) is 0 Å². The number of fused-ring (bicyclic) bond motifs is 4. The van der Waals surface area contributed by atoms with Gasteiger partial charge in [-0.2, -0.15) is 0 Å². The lowest BCUT2D eigenvalue weighted by Gasteiger charge is -2.57. The highest BCUT2D eigenvalue weighted by atomic mass is 16.3. The number of nitrogens with zero attached hydrogens (tertiary/aromatic N) is 4. The number of aromatic nitrogens is 3. The summed E-state index contributed by atoms with van der Waals surface area (Å²) in [5.41, 5.74) is 0.635. The fourth-order valence-electron chi connectivity index (χ4n) is 5.76. The van der Waals surface area contributed by atoms with Crippen molar-refractivity contribution in [3.05, 3.63) is 42.1 Å². The molecule has 3 aliphatic heterocycles. The van der Waals surface area contributed by atoms with Crippen LogP contribution in [0.25, 0.3) is 0 Å². The molecule has 2 aromatic rings. The third-order valence-corrected chi connectivity index (χ3v) is 7.02. The Morgan fingerprint density at radius 3 is 2.63 bits per heavy atom. The Hall–Kier alpha value is -3.47. The molecule has 5 rings (SSSR count). The molecule has 0 saturated carbocycles. The number of hydrogen-bond donors (Lipinski definition) is 4. The highest BCUT2D eigenvalue weighted by Crippen LogP contribution is 2.41. The predicted octanol–water partition coefficient (Wildman–Crippen LogP) is 1.62. The number of amides is 1. The normalized spacial score (nSPS) is 25.0. The second-order valence-corrected chi connectivity index (χ2v) is 9.00. The molecule has 11 heteroatoms. The van der Waals surface area contributed by atoms with Crippen LogP contribution in [0.2, 0.25) is 0 Å². The van der Waals surface area contributed by atoms with Crippen molar-refractivity contribution in [3.63, 3.8) is 0 Å². The number of carboxylic acid groups (broad SMARTS) is 2. The molecular weight excluding hydrogens is 452 g/mol. The standard InChI is InChI=1S/C22H30N6O.2CH2O2/c1-15-23-9-7-21(26-15)27-13-16-11-17(14-27)20(28-10-3-2-6-19(16)28)12-25-22(29)18-5-4-8-24-18;2*2-1-3/h4-5,7-9,16-17,19-20,24H,2-3,6,10-14H2,1H3,(H,25,29);2*1H,(H,2,3)/t16-,17+,19+,20+;;/m1../s1. The number of hydrogen-bond acceptors (Lipinski definition) is 7. The van der Waals surface area contributed by atoms with Crippen LogP contribution in [0.15, 0.2) is 30.6 Å². The monoisotopic (exact) mass is 486 g/mol. The number of H-pyrrole nitrogens is 1. The van der Waals surface area contributed by atoms with E-state index in [-0.39, 0.29) is 18.9 Å². The van der Waals surface area contributed by atoms with Crippen molar-refractivity contribution in [1.29, 1.82) is 0 Å². The van der Waals surface area contributed by atoms with Gasteiger partial charge < -0.3 is 25.4 Å².